The summed E-state index contributed by atoms with van der Waals surface area (Å²) in [6, 6.07) is 10.7. The van der Waals surface area contributed by atoms with Crippen LogP contribution >= 0.6 is 47.2 Å². The highest BCUT2D eigenvalue weighted by Gasteiger charge is 2.31. The first-order valence-electron chi connectivity index (χ1n) is 11.6. The highest BCUT2D eigenvalue weighted by molar-refractivity contribution is 8.26. The van der Waals surface area contributed by atoms with E-state index < -0.39 is 0 Å². The minimum Gasteiger partial charge on any atom is -0.490 e. The Balaban J connectivity index is 1.68. The second-order valence-corrected chi connectivity index (χ2v) is 10.3. The van der Waals surface area contributed by atoms with E-state index in [1.165, 1.54) is 16.7 Å². The fourth-order valence-electron chi connectivity index (χ4n) is 3.34. The maximum absolute atomic E-state index is 12.9. The van der Waals surface area contributed by atoms with E-state index in [-0.39, 0.29) is 24.9 Å². The quantitative estimate of drug-likeness (QED) is 0.157. The first-order valence-corrected chi connectivity index (χ1v) is 13.6. The first-order chi connectivity index (χ1) is 17.3. The number of carbonyl (C=O) groups excluding carboxylic acids is 2. The molecule has 0 spiro atoms. The first kappa shape index (κ1) is 28.3. The molecule has 0 N–H and O–H groups in total. The van der Waals surface area contributed by atoms with Crippen molar-refractivity contribution < 1.29 is 23.8 Å². The second-order valence-electron chi connectivity index (χ2n) is 7.79. The summed E-state index contributed by atoms with van der Waals surface area (Å²) >= 11 is 19.1. The number of thiocarbonyl (C=S) groups is 1. The van der Waals surface area contributed by atoms with Gasteiger partial charge in [-0.2, -0.15) is 0 Å². The van der Waals surface area contributed by atoms with Crippen LogP contribution in [0.15, 0.2) is 41.3 Å². The standard InChI is InChI=1S/C26H27Cl2NO5S2/c1-3-13-33-24(30)9-6-12-29-25(31)23(36-26(29)35)15-17-10-11-21(22(14-17)32-4-2)34-16-18-19(27)7-5-8-20(18)28/h5,7-8,10-11,14-15H,3-4,6,9,12-13,16H2,1-2H3/b23-15-. The molecule has 1 fully saturated rings. The molecule has 1 heterocycles. The number of nitrogens with zero attached hydrogens (tertiary/aromatic N) is 1. The SMILES string of the molecule is CCCOC(=O)CCCN1C(=O)/C(=C/c2ccc(OCc3c(Cl)cccc3Cl)c(OCC)c2)SC1=S. The molecule has 3 rings (SSSR count). The third kappa shape index (κ3) is 7.62. The topological polar surface area (TPSA) is 65.1 Å². The van der Waals surface area contributed by atoms with Gasteiger partial charge in [-0.25, -0.2) is 0 Å². The molecule has 0 atom stereocenters. The summed E-state index contributed by atoms with van der Waals surface area (Å²) in [5, 5.41) is 1.05. The molecule has 0 aliphatic carbocycles. The molecule has 192 valence electrons. The van der Waals surface area contributed by atoms with Crippen molar-refractivity contribution in [2.45, 2.75) is 39.7 Å². The summed E-state index contributed by atoms with van der Waals surface area (Å²) in [5.41, 5.74) is 1.46. The summed E-state index contributed by atoms with van der Waals surface area (Å²) in [6.45, 7) is 5.21. The molecular formula is C26H27Cl2NO5S2. The largest absolute Gasteiger partial charge is 0.490 e. The number of halogens is 2. The van der Waals surface area contributed by atoms with Crippen LogP contribution in [-0.4, -0.2) is 40.9 Å². The average molecular weight is 569 g/mol. The molecule has 1 saturated heterocycles. The predicted molar refractivity (Wildman–Crippen MR) is 149 cm³/mol. The summed E-state index contributed by atoms with van der Waals surface area (Å²) in [4.78, 5) is 26.7. The van der Waals surface area contributed by atoms with Gasteiger partial charge in [0.2, 0.25) is 0 Å². The molecule has 0 aromatic heterocycles. The van der Waals surface area contributed by atoms with Crippen molar-refractivity contribution in [1.82, 2.24) is 4.90 Å². The van der Waals surface area contributed by atoms with E-state index in [0.717, 1.165) is 12.0 Å². The van der Waals surface area contributed by atoms with E-state index in [9.17, 15) is 9.59 Å². The smallest absolute Gasteiger partial charge is 0.305 e. The molecule has 0 radical (unpaired) electrons. The summed E-state index contributed by atoms with van der Waals surface area (Å²) in [7, 11) is 0. The van der Waals surface area contributed by atoms with Crippen LogP contribution in [0, 0.1) is 0 Å². The van der Waals surface area contributed by atoms with Gasteiger partial charge in [-0.05, 0) is 55.7 Å². The zero-order chi connectivity index (χ0) is 26.1. The van der Waals surface area contributed by atoms with Gasteiger partial charge in [0.05, 0.1) is 18.1 Å². The third-order valence-electron chi connectivity index (χ3n) is 5.10. The second kappa shape index (κ2) is 13.9. The van der Waals surface area contributed by atoms with Gasteiger partial charge in [0.15, 0.2) is 11.5 Å². The van der Waals surface area contributed by atoms with Gasteiger partial charge in [-0.3, -0.25) is 14.5 Å². The number of hydrogen-bond donors (Lipinski definition) is 0. The predicted octanol–water partition coefficient (Wildman–Crippen LogP) is 6.91. The van der Waals surface area contributed by atoms with Gasteiger partial charge in [0, 0.05) is 28.6 Å². The molecule has 36 heavy (non-hydrogen) atoms. The fraction of sp³-hybridized carbons (Fsp3) is 0.346. The number of rotatable bonds is 12. The van der Waals surface area contributed by atoms with Gasteiger partial charge in [0.25, 0.3) is 5.91 Å². The van der Waals surface area contributed by atoms with Crippen molar-refractivity contribution in [2.75, 3.05) is 19.8 Å². The van der Waals surface area contributed by atoms with E-state index in [1.807, 2.05) is 26.0 Å². The molecule has 2 aromatic rings. The number of esters is 1. The van der Waals surface area contributed by atoms with Crippen LogP contribution in [-0.2, 0) is 20.9 Å². The zero-order valence-electron chi connectivity index (χ0n) is 20.1. The van der Waals surface area contributed by atoms with E-state index in [4.69, 9.17) is 49.6 Å². The average Bonchev–Trinajstić information content (AvgIpc) is 3.11. The Labute approximate surface area is 230 Å². The molecule has 1 aliphatic heterocycles. The van der Waals surface area contributed by atoms with Gasteiger partial charge < -0.3 is 14.2 Å². The Morgan fingerprint density at radius 2 is 1.86 bits per heavy atom. The van der Waals surface area contributed by atoms with Crippen molar-refractivity contribution >= 4 is 69.5 Å². The maximum atomic E-state index is 12.9. The fourth-order valence-corrected chi connectivity index (χ4v) is 5.15. The molecule has 1 amide bonds. The molecule has 10 heteroatoms. The Kier molecular flexibility index (Phi) is 10.9. The lowest BCUT2D eigenvalue weighted by Gasteiger charge is -2.14. The Morgan fingerprint density at radius 3 is 2.56 bits per heavy atom. The monoisotopic (exact) mass is 567 g/mol. The van der Waals surface area contributed by atoms with Crippen LogP contribution in [0.3, 0.4) is 0 Å². The number of carbonyl (C=O) groups is 2. The summed E-state index contributed by atoms with van der Waals surface area (Å²) in [6.07, 6.45) is 3.28. The number of ether oxygens (including phenoxy) is 3. The van der Waals surface area contributed by atoms with Crippen molar-refractivity contribution in [3.63, 3.8) is 0 Å². The molecular weight excluding hydrogens is 541 g/mol. The zero-order valence-corrected chi connectivity index (χ0v) is 23.2. The number of hydrogen-bond acceptors (Lipinski definition) is 7. The van der Waals surface area contributed by atoms with Crippen LogP contribution in [0.25, 0.3) is 6.08 Å². The minimum absolute atomic E-state index is 0.182. The lowest BCUT2D eigenvalue weighted by atomic mass is 10.1. The molecule has 2 aromatic carbocycles. The lowest BCUT2D eigenvalue weighted by Crippen LogP contribution is -2.29. The van der Waals surface area contributed by atoms with Crippen molar-refractivity contribution in [1.29, 1.82) is 0 Å². The number of thioether (sulfide) groups is 1. The van der Waals surface area contributed by atoms with Gasteiger partial charge in [-0.15, -0.1) is 0 Å². The lowest BCUT2D eigenvalue weighted by molar-refractivity contribution is -0.144. The highest BCUT2D eigenvalue weighted by Crippen LogP contribution is 2.36. The minimum atomic E-state index is -0.264. The van der Waals surface area contributed by atoms with E-state index in [2.05, 4.69) is 0 Å². The Bertz CT molecular complexity index is 1130. The van der Waals surface area contributed by atoms with Crippen LogP contribution < -0.4 is 9.47 Å². The van der Waals surface area contributed by atoms with Crippen LogP contribution in [0.1, 0.15) is 44.2 Å². The van der Waals surface area contributed by atoms with Crippen molar-refractivity contribution in [3.05, 3.63) is 62.5 Å². The van der Waals surface area contributed by atoms with E-state index in [1.54, 1.807) is 30.3 Å². The maximum Gasteiger partial charge on any atom is 0.305 e. The number of amides is 1. The van der Waals surface area contributed by atoms with Crippen molar-refractivity contribution in [3.8, 4) is 11.5 Å². The van der Waals surface area contributed by atoms with Crippen LogP contribution in [0.2, 0.25) is 10.0 Å². The Hall–Kier alpha value is -2.26. The van der Waals surface area contributed by atoms with Gasteiger partial charge in [0.1, 0.15) is 10.9 Å². The van der Waals surface area contributed by atoms with Crippen LogP contribution in [0.4, 0.5) is 0 Å². The summed E-state index contributed by atoms with van der Waals surface area (Å²) < 4.78 is 17.3. The van der Waals surface area contributed by atoms with Gasteiger partial charge >= 0.3 is 5.97 Å². The highest BCUT2D eigenvalue weighted by atomic mass is 35.5. The summed E-state index contributed by atoms with van der Waals surface area (Å²) in [5.74, 6) is 0.627. The normalized spacial score (nSPS) is 14.4. The molecule has 0 saturated carbocycles. The van der Waals surface area contributed by atoms with Crippen LogP contribution in [0.5, 0.6) is 11.5 Å². The van der Waals surface area contributed by atoms with Crippen molar-refractivity contribution in [2.24, 2.45) is 0 Å². The molecule has 1 aliphatic rings. The van der Waals surface area contributed by atoms with E-state index >= 15 is 0 Å². The third-order valence-corrected chi connectivity index (χ3v) is 7.19. The molecule has 6 nitrogen and oxygen atoms in total. The van der Waals surface area contributed by atoms with E-state index in [0.29, 0.717) is 62.5 Å². The Morgan fingerprint density at radius 1 is 1.11 bits per heavy atom. The van der Waals surface area contributed by atoms with Gasteiger partial charge in [-0.1, -0.05) is 66.2 Å². The molecule has 0 unspecified atom stereocenters. The number of benzene rings is 2. The molecule has 0 bridgehead atoms.